The Labute approximate surface area is 160 Å². The van der Waals surface area contributed by atoms with Crippen molar-refractivity contribution in [1.82, 2.24) is 15.5 Å². The van der Waals surface area contributed by atoms with Crippen LogP contribution in [0.15, 0.2) is 29.2 Å². The van der Waals surface area contributed by atoms with E-state index in [2.05, 4.69) is 10.6 Å². The van der Waals surface area contributed by atoms with E-state index in [1.165, 1.54) is 28.8 Å². The van der Waals surface area contributed by atoms with Gasteiger partial charge < -0.3 is 10.6 Å². The van der Waals surface area contributed by atoms with Crippen LogP contribution in [0.25, 0.3) is 0 Å². The van der Waals surface area contributed by atoms with Gasteiger partial charge >= 0.3 is 6.18 Å². The summed E-state index contributed by atoms with van der Waals surface area (Å²) in [6.07, 6.45) is -4.28. The number of hydrogen-bond donors (Lipinski definition) is 2. The Bertz CT molecular complexity index is 553. The van der Waals surface area contributed by atoms with Gasteiger partial charge in [-0.3, -0.25) is 9.69 Å². The third-order valence-corrected chi connectivity index (χ3v) is 4.89. The molecule has 0 spiro atoms. The van der Waals surface area contributed by atoms with Crippen molar-refractivity contribution in [3.05, 3.63) is 30.1 Å². The predicted molar refractivity (Wildman–Crippen MR) is 96.3 cm³/mol. The van der Waals surface area contributed by atoms with Gasteiger partial charge in [-0.25, -0.2) is 4.39 Å². The van der Waals surface area contributed by atoms with Crippen LogP contribution < -0.4 is 10.6 Å². The normalized spacial score (nSPS) is 16.6. The average Bonchev–Trinajstić information content (AvgIpc) is 2.56. The monoisotopic (exact) mass is 415 g/mol. The number of hydrogen-bond acceptors (Lipinski definition) is 4. The first-order chi connectivity index (χ1) is 11.9. The lowest BCUT2D eigenvalue weighted by atomic mass is 10.2. The lowest BCUT2D eigenvalue weighted by molar-refractivity contribution is -0.184. The minimum absolute atomic E-state index is 0. The number of carbonyl (C=O) groups excluding carboxylic acids is 1. The number of benzene rings is 1. The van der Waals surface area contributed by atoms with E-state index in [1.807, 2.05) is 0 Å². The van der Waals surface area contributed by atoms with Gasteiger partial charge in [0.2, 0.25) is 5.91 Å². The molecule has 0 aliphatic carbocycles. The highest BCUT2D eigenvalue weighted by Gasteiger charge is 2.43. The van der Waals surface area contributed by atoms with Gasteiger partial charge in [0.05, 0.1) is 0 Å². The van der Waals surface area contributed by atoms with Gasteiger partial charge in [0.1, 0.15) is 11.9 Å². The molecule has 1 aliphatic rings. The highest BCUT2D eigenvalue weighted by atomic mass is 35.5. The van der Waals surface area contributed by atoms with E-state index in [4.69, 9.17) is 0 Å². The maximum atomic E-state index is 13.2. The van der Waals surface area contributed by atoms with Crippen molar-refractivity contribution < 1.29 is 22.4 Å². The second-order valence-corrected chi connectivity index (χ2v) is 6.87. The molecule has 1 heterocycles. The van der Waals surface area contributed by atoms with Gasteiger partial charge in [-0.2, -0.15) is 13.2 Å². The molecule has 1 amide bonds. The summed E-state index contributed by atoms with van der Waals surface area (Å²) in [6, 6.07) is 4.18. The summed E-state index contributed by atoms with van der Waals surface area (Å²) < 4.78 is 52.4. The van der Waals surface area contributed by atoms with Gasteiger partial charge in [-0.1, -0.05) is 0 Å². The van der Waals surface area contributed by atoms with Crippen LogP contribution in [0.3, 0.4) is 0 Å². The molecular weight excluding hydrogens is 394 g/mol. The summed E-state index contributed by atoms with van der Waals surface area (Å²) >= 11 is 1.36. The maximum Gasteiger partial charge on any atom is 0.405 e. The molecule has 148 valence electrons. The number of alkyl halides is 3. The molecule has 26 heavy (non-hydrogen) atoms. The first-order valence-corrected chi connectivity index (χ1v) is 9.01. The molecule has 1 aromatic carbocycles. The average molecular weight is 416 g/mol. The predicted octanol–water partition coefficient (Wildman–Crippen LogP) is 2.68. The quantitative estimate of drug-likeness (QED) is 0.531. The van der Waals surface area contributed by atoms with E-state index in [0.717, 1.165) is 4.90 Å². The Morgan fingerprint density at radius 1 is 1.23 bits per heavy atom. The summed E-state index contributed by atoms with van der Waals surface area (Å²) in [5.41, 5.74) is 0. The smallest absolute Gasteiger partial charge is 0.354 e. The Morgan fingerprint density at radius 2 is 1.85 bits per heavy atom. The Morgan fingerprint density at radius 3 is 2.42 bits per heavy atom. The number of carbonyl (C=O) groups is 1. The van der Waals surface area contributed by atoms with Crippen molar-refractivity contribution in [3.63, 3.8) is 0 Å². The zero-order valence-corrected chi connectivity index (χ0v) is 15.7. The summed E-state index contributed by atoms with van der Waals surface area (Å²) in [6.45, 7) is 1.19. The molecule has 1 saturated heterocycles. The van der Waals surface area contributed by atoms with Crippen molar-refractivity contribution in [2.75, 3.05) is 38.5 Å². The van der Waals surface area contributed by atoms with Crippen LogP contribution in [-0.4, -0.2) is 61.5 Å². The first kappa shape index (κ1) is 23.0. The van der Waals surface area contributed by atoms with Crippen LogP contribution in [0.5, 0.6) is 0 Å². The van der Waals surface area contributed by atoms with Gasteiger partial charge in [-0.05, 0) is 24.3 Å². The Kier molecular flexibility index (Phi) is 9.70. The second-order valence-electron chi connectivity index (χ2n) is 5.70. The van der Waals surface area contributed by atoms with Crippen molar-refractivity contribution >= 4 is 30.1 Å². The van der Waals surface area contributed by atoms with Crippen molar-refractivity contribution in [2.45, 2.75) is 23.5 Å². The van der Waals surface area contributed by atoms with Crippen LogP contribution in [0.1, 0.15) is 6.42 Å². The topological polar surface area (TPSA) is 44.4 Å². The molecule has 0 aromatic heterocycles. The van der Waals surface area contributed by atoms with Crippen LogP contribution in [-0.2, 0) is 4.79 Å². The fourth-order valence-electron chi connectivity index (χ4n) is 2.54. The molecule has 1 atom stereocenters. The van der Waals surface area contributed by atoms with E-state index in [1.54, 1.807) is 12.1 Å². The molecule has 2 rings (SSSR count). The fourth-order valence-corrected chi connectivity index (χ4v) is 3.39. The van der Waals surface area contributed by atoms with Crippen LogP contribution in [0.2, 0.25) is 0 Å². The highest BCUT2D eigenvalue weighted by Crippen LogP contribution is 2.25. The summed E-state index contributed by atoms with van der Waals surface area (Å²) in [4.78, 5) is 14.0. The molecule has 0 saturated carbocycles. The van der Waals surface area contributed by atoms with Crippen LogP contribution in [0, 0.1) is 5.82 Å². The zero-order chi connectivity index (χ0) is 18.3. The number of nitrogens with zero attached hydrogens (tertiary/aromatic N) is 1. The lowest BCUT2D eigenvalue weighted by Gasteiger charge is -2.35. The minimum atomic E-state index is -4.38. The molecule has 10 heteroatoms. The van der Waals surface area contributed by atoms with E-state index in [9.17, 15) is 22.4 Å². The lowest BCUT2D eigenvalue weighted by Crippen LogP contribution is -2.57. The molecule has 1 fully saturated rings. The van der Waals surface area contributed by atoms with Gasteiger partial charge in [0.25, 0.3) is 0 Å². The molecule has 0 radical (unpaired) electrons. The molecule has 0 bridgehead atoms. The van der Waals surface area contributed by atoms with E-state index >= 15 is 0 Å². The number of piperazine rings is 1. The molecule has 4 nitrogen and oxygen atoms in total. The third-order valence-electron chi connectivity index (χ3n) is 3.87. The number of rotatable bonds is 7. The standard InChI is InChI=1S/C16H21F4N3OS.ClH/c17-12-1-3-13(4-2-12)25-10-5-15(24)22-11-14(16(18,19)20)23-8-6-21-7-9-23;/h1-4,14,21H,5-11H2,(H,22,24);1H. The minimum Gasteiger partial charge on any atom is -0.354 e. The summed E-state index contributed by atoms with van der Waals surface area (Å²) in [5, 5.41) is 5.40. The molecule has 1 aliphatic heterocycles. The van der Waals surface area contributed by atoms with Crippen molar-refractivity contribution in [1.29, 1.82) is 0 Å². The van der Waals surface area contributed by atoms with Crippen molar-refractivity contribution in [3.8, 4) is 0 Å². The maximum absolute atomic E-state index is 13.2. The third kappa shape index (κ3) is 7.69. The van der Waals surface area contributed by atoms with Gasteiger partial charge in [0.15, 0.2) is 0 Å². The highest BCUT2D eigenvalue weighted by molar-refractivity contribution is 7.99. The Hall–Kier alpha value is -1.03. The summed E-state index contributed by atoms with van der Waals surface area (Å²) in [5.74, 6) is -0.339. The fraction of sp³-hybridized carbons (Fsp3) is 0.562. The second kappa shape index (κ2) is 11.0. The molecular formula is C16H22ClF4N3OS. The van der Waals surface area contributed by atoms with Crippen LogP contribution in [0.4, 0.5) is 17.6 Å². The first-order valence-electron chi connectivity index (χ1n) is 8.03. The summed E-state index contributed by atoms with van der Waals surface area (Å²) in [7, 11) is 0. The van der Waals surface area contributed by atoms with Gasteiger partial charge in [0, 0.05) is 49.8 Å². The number of thioether (sulfide) groups is 1. The molecule has 1 aromatic rings. The SMILES string of the molecule is Cl.O=C(CCSc1ccc(F)cc1)NCC(N1CCNCC1)C(F)(F)F. The van der Waals surface area contributed by atoms with E-state index in [0.29, 0.717) is 31.9 Å². The molecule has 1 unspecified atom stereocenters. The largest absolute Gasteiger partial charge is 0.405 e. The van der Waals surface area contributed by atoms with E-state index in [-0.39, 0.29) is 24.6 Å². The number of nitrogens with one attached hydrogen (secondary N) is 2. The number of amides is 1. The van der Waals surface area contributed by atoms with Crippen LogP contribution >= 0.6 is 24.2 Å². The number of halogens is 5. The van der Waals surface area contributed by atoms with Crippen molar-refractivity contribution in [2.24, 2.45) is 0 Å². The van der Waals surface area contributed by atoms with E-state index < -0.39 is 24.7 Å². The zero-order valence-electron chi connectivity index (χ0n) is 14.0. The van der Waals surface area contributed by atoms with Gasteiger partial charge in [-0.15, -0.1) is 24.2 Å². The molecule has 2 N–H and O–H groups in total. The Balaban J connectivity index is 0.00000338.